The topological polar surface area (TPSA) is 66.5 Å². The fourth-order valence-electron chi connectivity index (χ4n) is 3.30. The van der Waals surface area contributed by atoms with Crippen LogP contribution in [0.5, 0.6) is 0 Å². The highest BCUT2D eigenvalue weighted by Gasteiger charge is 2.48. The molecular formula is C16H17IN2O3. The molecule has 3 rings (SSSR count). The van der Waals surface area contributed by atoms with E-state index in [1.807, 2.05) is 18.2 Å². The molecule has 1 heterocycles. The van der Waals surface area contributed by atoms with Crippen molar-refractivity contribution in [3.05, 3.63) is 27.8 Å². The van der Waals surface area contributed by atoms with Crippen molar-refractivity contribution in [2.45, 2.75) is 25.7 Å². The van der Waals surface area contributed by atoms with Crippen LogP contribution in [0.2, 0.25) is 0 Å². The third-order valence-corrected chi connectivity index (χ3v) is 5.01. The molecule has 1 aliphatic carbocycles. The van der Waals surface area contributed by atoms with Crippen LogP contribution < -0.4 is 5.32 Å². The van der Waals surface area contributed by atoms with Crippen molar-refractivity contribution in [1.82, 2.24) is 4.90 Å². The maximum Gasteiger partial charge on any atom is 0.244 e. The van der Waals surface area contributed by atoms with Crippen molar-refractivity contribution in [3.63, 3.8) is 0 Å². The number of nitrogens with zero attached hydrogens (tertiary/aromatic N) is 1. The number of carbonyl (C=O) groups is 3. The lowest BCUT2D eigenvalue weighted by Crippen LogP contribution is -2.38. The number of benzene rings is 1. The molecule has 1 aromatic rings. The Morgan fingerprint density at radius 1 is 1.18 bits per heavy atom. The van der Waals surface area contributed by atoms with E-state index in [4.69, 9.17) is 0 Å². The Labute approximate surface area is 142 Å². The molecule has 1 saturated heterocycles. The van der Waals surface area contributed by atoms with E-state index in [1.54, 1.807) is 6.07 Å². The van der Waals surface area contributed by atoms with Gasteiger partial charge >= 0.3 is 0 Å². The van der Waals surface area contributed by atoms with Crippen LogP contribution in [0.1, 0.15) is 25.7 Å². The summed E-state index contributed by atoms with van der Waals surface area (Å²) < 4.78 is 1.01. The van der Waals surface area contributed by atoms with Gasteiger partial charge in [0.15, 0.2) is 0 Å². The zero-order chi connectivity index (χ0) is 15.7. The van der Waals surface area contributed by atoms with E-state index in [-0.39, 0.29) is 36.1 Å². The van der Waals surface area contributed by atoms with Crippen LogP contribution in [-0.4, -0.2) is 29.2 Å². The lowest BCUT2D eigenvalue weighted by Gasteiger charge is -2.19. The van der Waals surface area contributed by atoms with Crippen LogP contribution in [-0.2, 0) is 14.4 Å². The summed E-state index contributed by atoms with van der Waals surface area (Å²) in [6, 6.07) is 7.39. The molecule has 5 nitrogen and oxygen atoms in total. The summed E-state index contributed by atoms with van der Waals surface area (Å²) in [5.74, 6) is -1.08. The van der Waals surface area contributed by atoms with Gasteiger partial charge in [0, 0.05) is 9.26 Å². The minimum absolute atomic E-state index is 0.174. The van der Waals surface area contributed by atoms with Gasteiger partial charge in [-0.3, -0.25) is 19.3 Å². The molecule has 2 atom stereocenters. The van der Waals surface area contributed by atoms with Gasteiger partial charge in [-0.1, -0.05) is 18.9 Å². The first-order valence-corrected chi connectivity index (χ1v) is 8.55. The standard InChI is InChI=1S/C16H17IN2O3/c17-10-4-3-5-11(8-10)18-14(20)9-19-15(21)12-6-1-2-7-13(12)16(19)22/h3-5,8,12-13H,1-2,6-7,9H2,(H,18,20)/t12-,13-/m0/s1. The molecule has 2 fully saturated rings. The SMILES string of the molecule is O=C(CN1C(=O)[C@H]2CCCC[C@@H]2C1=O)Nc1cccc(I)c1. The minimum Gasteiger partial charge on any atom is -0.324 e. The fourth-order valence-corrected chi connectivity index (χ4v) is 3.84. The van der Waals surface area contributed by atoms with Crippen LogP contribution in [0.15, 0.2) is 24.3 Å². The number of anilines is 1. The summed E-state index contributed by atoms with van der Waals surface area (Å²) in [7, 11) is 0. The van der Waals surface area contributed by atoms with Gasteiger partial charge in [-0.2, -0.15) is 0 Å². The first-order chi connectivity index (χ1) is 10.6. The lowest BCUT2D eigenvalue weighted by atomic mass is 9.81. The zero-order valence-corrected chi connectivity index (χ0v) is 14.2. The number of imide groups is 1. The summed E-state index contributed by atoms with van der Waals surface area (Å²) in [6.07, 6.45) is 3.51. The van der Waals surface area contributed by atoms with Crippen molar-refractivity contribution in [3.8, 4) is 0 Å². The number of rotatable bonds is 3. The van der Waals surface area contributed by atoms with Crippen molar-refractivity contribution in [2.24, 2.45) is 11.8 Å². The Morgan fingerprint density at radius 2 is 1.82 bits per heavy atom. The van der Waals surface area contributed by atoms with E-state index in [0.29, 0.717) is 5.69 Å². The number of fused-ring (bicyclic) bond motifs is 1. The maximum absolute atomic E-state index is 12.3. The number of likely N-dealkylation sites (tertiary alicyclic amines) is 1. The van der Waals surface area contributed by atoms with E-state index in [1.165, 1.54) is 0 Å². The number of hydrogen-bond acceptors (Lipinski definition) is 3. The van der Waals surface area contributed by atoms with Crippen molar-refractivity contribution in [1.29, 1.82) is 0 Å². The van der Waals surface area contributed by atoms with Crippen molar-refractivity contribution < 1.29 is 14.4 Å². The molecule has 22 heavy (non-hydrogen) atoms. The quantitative estimate of drug-likeness (QED) is 0.613. The van der Waals surface area contributed by atoms with E-state index in [0.717, 1.165) is 34.2 Å². The maximum atomic E-state index is 12.3. The number of nitrogens with one attached hydrogen (secondary N) is 1. The number of halogens is 1. The Balaban J connectivity index is 1.66. The first kappa shape index (κ1) is 15.5. The van der Waals surface area contributed by atoms with Crippen LogP contribution >= 0.6 is 22.6 Å². The van der Waals surface area contributed by atoms with Gasteiger partial charge in [0.05, 0.1) is 11.8 Å². The molecule has 0 unspecified atom stereocenters. The molecule has 0 radical (unpaired) electrons. The molecule has 1 aromatic carbocycles. The molecule has 1 saturated carbocycles. The van der Waals surface area contributed by atoms with E-state index in [2.05, 4.69) is 27.9 Å². The highest BCUT2D eigenvalue weighted by molar-refractivity contribution is 14.1. The highest BCUT2D eigenvalue weighted by Crippen LogP contribution is 2.37. The molecule has 6 heteroatoms. The molecule has 0 aromatic heterocycles. The predicted octanol–water partition coefficient (Wildman–Crippen LogP) is 2.40. The Kier molecular flexibility index (Phi) is 4.46. The third kappa shape index (κ3) is 3.02. The zero-order valence-electron chi connectivity index (χ0n) is 12.0. The average Bonchev–Trinajstić information content (AvgIpc) is 2.73. The number of hydrogen-bond donors (Lipinski definition) is 1. The number of amides is 3. The van der Waals surface area contributed by atoms with Gasteiger partial charge in [0.1, 0.15) is 6.54 Å². The molecule has 3 amide bonds. The lowest BCUT2D eigenvalue weighted by molar-refractivity contribution is -0.142. The monoisotopic (exact) mass is 412 g/mol. The van der Waals surface area contributed by atoms with Crippen LogP contribution in [0.4, 0.5) is 5.69 Å². The average molecular weight is 412 g/mol. The van der Waals surface area contributed by atoms with E-state index < -0.39 is 0 Å². The summed E-state index contributed by atoms with van der Waals surface area (Å²) in [5, 5.41) is 2.74. The molecular weight excluding hydrogens is 395 g/mol. The van der Waals surface area contributed by atoms with Gasteiger partial charge in [-0.25, -0.2) is 0 Å². The highest BCUT2D eigenvalue weighted by atomic mass is 127. The molecule has 0 spiro atoms. The second-order valence-electron chi connectivity index (χ2n) is 5.82. The smallest absolute Gasteiger partial charge is 0.244 e. The van der Waals surface area contributed by atoms with Gasteiger partial charge in [0.2, 0.25) is 17.7 Å². The molecule has 2 aliphatic rings. The Hall–Kier alpha value is -1.44. The van der Waals surface area contributed by atoms with Crippen molar-refractivity contribution >= 4 is 46.0 Å². The van der Waals surface area contributed by atoms with Crippen LogP contribution in [0.25, 0.3) is 0 Å². The van der Waals surface area contributed by atoms with Gasteiger partial charge < -0.3 is 5.32 Å². The third-order valence-electron chi connectivity index (χ3n) is 4.34. The predicted molar refractivity (Wildman–Crippen MR) is 90.0 cm³/mol. The van der Waals surface area contributed by atoms with Gasteiger partial charge in [-0.15, -0.1) is 0 Å². The van der Waals surface area contributed by atoms with Gasteiger partial charge in [-0.05, 0) is 53.6 Å². The van der Waals surface area contributed by atoms with E-state index in [9.17, 15) is 14.4 Å². The molecule has 0 bridgehead atoms. The first-order valence-electron chi connectivity index (χ1n) is 7.47. The number of carbonyl (C=O) groups excluding carboxylic acids is 3. The summed E-state index contributed by atoms with van der Waals surface area (Å²) in [4.78, 5) is 37.9. The second-order valence-corrected chi connectivity index (χ2v) is 7.06. The Bertz CT molecular complexity index is 608. The summed E-state index contributed by atoms with van der Waals surface area (Å²) >= 11 is 2.16. The normalized spacial score (nSPS) is 24.3. The fraction of sp³-hybridized carbons (Fsp3) is 0.438. The van der Waals surface area contributed by atoms with Crippen LogP contribution in [0.3, 0.4) is 0 Å². The summed E-state index contributed by atoms with van der Waals surface area (Å²) in [5.41, 5.74) is 0.674. The van der Waals surface area contributed by atoms with Crippen molar-refractivity contribution in [2.75, 3.05) is 11.9 Å². The second kappa shape index (κ2) is 6.36. The Morgan fingerprint density at radius 3 is 2.41 bits per heavy atom. The van der Waals surface area contributed by atoms with Crippen LogP contribution in [0, 0.1) is 15.4 Å². The summed E-state index contributed by atoms with van der Waals surface area (Å²) in [6.45, 7) is -0.184. The van der Waals surface area contributed by atoms with Gasteiger partial charge in [0.25, 0.3) is 0 Å². The van der Waals surface area contributed by atoms with E-state index >= 15 is 0 Å². The molecule has 1 aliphatic heterocycles. The molecule has 116 valence electrons. The minimum atomic E-state index is -0.331. The largest absolute Gasteiger partial charge is 0.324 e. The molecule has 1 N–H and O–H groups in total.